The molecular weight excluding hydrogens is 446 g/mol. The summed E-state index contributed by atoms with van der Waals surface area (Å²) in [6.07, 6.45) is 6.95. The van der Waals surface area contributed by atoms with Gasteiger partial charge >= 0.3 is 0 Å². The number of hydrogen-bond donors (Lipinski definition) is 4. The van der Waals surface area contributed by atoms with Gasteiger partial charge in [0.05, 0.1) is 18.3 Å². The van der Waals surface area contributed by atoms with Crippen LogP contribution in [0.25, 0.3) is 10.9 Å². The summed E-state index contributed by atoms with van der Waals surface area (Å²) in [7, 11) is 0. The molecule has 10 heteroatoms. The third-order valence-electron chi connectivity index (χ3n) is 6.01. The first kappa shape index (κ1) is 22.9. The average Bonchev–Trinajstić information content (AvgIpc) is 3.58. The van der Waals surface area contributed by atoms with Gasteiger partial charge in [-0.05, 0) is 62.2 Å². The van der Waals surface area contributed by atoms with Gasteiger partial charge in [-0.1, -0.05) is 12.1 Å². The molecule has 35 heavy (non-hydrogen) atoms. The van der Waals surface area contributed by atoms with Gasteiger partial charge in [-0.25, -0.2) is 10.2 Å². The van der Waals surface area contributed by atoms with E-state index in [9.17, 15) is 5.26 Å². The van der Waals surface area contributed by atoms with Crippen molar-refractivity contribution in [3.05, 3.63) is 60.4 Å². The topological polar surface area (TPSA) is 120 Å². The van der Waals surface area contributed by atoms with Gasteiger partial charge in [0.15, 0.2) is 5.75 Å². The molecule has 1 aliphatic rings. The first-order chi connectivity index (χ1) is 17.3. The largest absolute Gasteiger partial charge is 0.489 e. The summed E-state index contributed by atoms with van der Waals surface area (Å²) in [6.45, 7) is 4.49. The van der Waals surface area contributed by atoms with E-state index in [0.717, 1.165) is 48.2 Å². The average molecular weight is 476 g/mol. The van der Waals surface area contributed by atoms with Crippen LogP contribution in [-0.4, -0.2) is 56.6 Å². The lowest BCUT2D eigenvalue weighted by Crippen LogP contribution is -2.21. The minimum absolute atomic E-state index is 0.266. The molecule has 4 aromatic rings. The van der Waals surface area contributed by atoms with Gasteiger partial charge in [0.25, 0.3) is 0 Å². The highest BCUT2D eigenvalue weighted by Crippen LogP contribution is 2.31. The third-order valence-corrected chi connectivity index (χ3v) is 6.01. The van der Waals surface area contributed by atoms with Gasteiger partial charge in [-0.15, -0.1) is 0 Å². The maximum absolute atomic E-state index is 9.22. The van der Waals surface area contributed by atoms with Crippen LogP contribution in [0.1, 0.15) is 24.8 Å². The molecule has 2 aromatic carbocycles. The quantitative estimate of drug-likeness (QED) is 0.142. The van der Waals surface area contributed by atoms with Crippen molar-refractivity contribution in [1.82, 2.24) is 25.1 Å². The second-order valence-electron chi connectivity index (χ2n) is 8.54. The molecule has 0 aliphatic carbocycles. The Morgan fingerprint density at radius 3 is 2.86 bits per heavy atom. The molecule has 1 aliphatic heterocycles. The van der Waals surface area contributed by atoms with E-state index in [1.54, 1.807) is 30.6 Å². The Morgan fingerprint density at radius 1 is 1.06 bits per heavy atom. The Bertz CT molecular complexity index is 1260. The summed E-state index contributed by atoms with van der Waals surface area (Å²) in [6, 6.07) is 13.2. The molecule has 0 saturated carbocycles. The minimum atomic E-state index is 0.266. The van der Waals surface area contributed by atoms with Crippen LogP contribution in [0.2, 0.25) is 0 Å². The second-order valence-corrected chi connectivity index (χ2v) is 8.54. The SMILES string of the molecule is OOc1ccc(Nc2nccc(NCc3ccc4cn[nH]c4c3)n2)cc1OCCCN1CCCC1. The van der Waals surface area contributed by atoms with Gasteiger partial charge < -0.3 is 25.2 Å². The fraction of sp³-hybridized carbons (Fsp3) is 0.320. The predicted octanol–water partition coefficient (Wildman–Crippen LogP) is 4.43. The molecule has 1 saturated heterocycles. The number of aromatic amines is 1. The maximum Gasteiger partial charge on any atom is 0.229 e. The normalized spacial score (nSPS) is 13.7. The molecule has 0 spiro atoms. The van der Waals surface area contributed by atoms with Crippen LogP contribution in [0.15, 0.2) is 54.9 Å². The van der Waals surface area contributed by atoms with Crippen LogP contribution in [-0.2, 0) is 6.54 Å². The zero-order valence-electron chi connectivity index (χ0n) is 19.4. The number of aromatic nitrogens is 4. The van der Waals surface area contributed by atoms with Crippen LogP contribution in [0.3, 0.4) is 0 Å². The van der Waals surface area contributed by atoms with E-state index in [-0.39, 0.29) is 5.75 Å². The van der Waals surface area contributed by atoms with Crippen molar-refractivity contribution in [2.45, 2.75) is 25.8 Å². The molecule has 4 N–H and O–H groups in total. The number of ether oxygens (including phenoxy) is 1. The van der Waals surface area contributed by atoms with E-state index >= 15 is 0 Å². The summed E-state index contributed by atoms with van der Waals surface area (Å²) in [5.41, 5.74) is 2.84. The van der Waals surface area contributed by atoms with Gasteiger partial charge in [0, 0.05) is 36.4 Å². The summed E-state index contributed by atoms with van der Waals surface area (Å²) < 4.78 is 5.89. The lowest BCUT2D eigenvalue weighted by molar-refractivity contribution is -0.139. The molecule has 0 bridgehead atoms. The molecule has 2 aromatic heterocycles. The van der Waals surface area contributed by atoms with Crippen LogP contribution < -0.4 is 20.3 Å². The molecule has 0 atom stereocenters. The van der Waals surface area contributed by atoms with E-state index in [0.29, 0.717) is 30.7 Å². The number of benzene rings is 2. The Kier molecular flexibility index (Phi) is 7.21. The van der Waals surface area contributed by atoms with Crippen molar-refractivity contribution in [2.75, 3.05) is 36.9 Å². The van der Waals surface area contributed by atoms with E-state index in [2.05, 4.69) is 52.7 Å². The van der Waals surface area contributed by atoms with E-state index in [1.165, 1.54) is 12.8 Å². The standard InChI is InChI=1S/C25H29N7O3/c33-35-22-7-6-20(15-23(22)34-13-3-12-32-10-1-2-11-32)29-25-26-9-8-24(30-25)27-16-18-4-5-19-17-28-31-21(19)14-18/h4-9,14-15,17,33H,1-3,10-13,16H2,(H,28,31)(H2,26,27,29,30). The van der Waals surface area contributed by atoms with E-state index < -0.39 is 0 Å². The third kappa shape index (κ3) is 5.97. The second kappa shape index (κ2) is 11.0. The fourth-order valence-electron chi connectivity index (χ4n) is 4.18. The number of likely N-dealkylation sites (tertiary alicyclic amines) is 1. The van der Waals surface area contributed by atoms with Crippen molar-refractivity contribution >= 4 is 28.4 Å². The van der Waals surface area contributed by atoms with Crippen molar-refractivity contribution in [1.29, 1.82) is 0 Å². The molecule has 1 fully saturated rings. The highest BCUT2D eigenvalue weighted by atomic mass is 17.1. The molecule has 5 rings (SSSR count). The molecule has 182 valence electrons. The highest BCUT2D eigenvalue weighted by Gasteiger charge is 2.12. The Hall–Kier alpha value is -3.89. The zero-order valence-corrected chi connectivity index (χ0v) is 19.4. The molecule has 10 nitrogen and oxygen atoms in total. The van der Waals surface area contributed by atoms with Crippen molar-refractivity contribution in [2.24, 2.45) is 0 Å². The summed E-state index contributed by atoms with van der Waals surface area (Å²) in [5.74, 6) is 1.86. The Morgan fingerprint density at radius 2 is 1.97 bits per heavy atom. The highest BCUT2D eigenvalue weighted by molar-refractivity contribution is 5.78. The van der Waals surface area contributed by atoms with Gasteiger partial charge in [-0.2, -0.15) is 10.1 Å². The Balaban J connectivity index is 1.18. The lowest BCUT2D eigenvalue weighted by Gasteiger charge is -2.15. The number of rotatable bonds is 11. The van der Waals surface area contributed by atoms with Crippen molar-refractivity contribution in [3.63, 3.8) is 0 Å². The smallest absolute Gasteiger partial charge is 0.229 e. The fourth-order valence-corrected chi connectivity index (χ4v) is 4.18. The molecule has 3 heterocycles. The van der Waals surface area contributed by atoms with Crippen LogP contribution in [0.5, 0.6) is 11.5 Å². The maximum atomic E-state index is 9.22. The first-order valence-corrected chi connectivity index (χ1v) is 11.8. The first-order valence-electron chi connectivity index (χ1n) is 11.8. The summed E-state index contributed by atoms with van der Waals surface area (Å²) in [5, 5.41) is 23.9. The molecule has 0 unspecified atom stereocenters. The van der Waals surface area contributed by atoms with Crippen molar-refractivity contribution in [3.8, 4) is 11.5 Å². The van der Waals surface area contributed by atoms with E-state index in [4.69, 9.17) is 4.74 Å². The summed E-state index contributed by atoms with van der Waals surface area (Å²) >= 11 is 0. The number of hydrogen-bond acceptors (Lipinski definition) is 9. The molecule has 0 radical (unpaired) electrons. The van der Waals surface area contributed by atoms with Gasteiger partial charge in [0.1, 0.15) is 5.82 Å². The van der Waals surface area contributed by atoms with Gasteiger partial charge in [0.2, 0.25) is 11.7 Å². The zero-order chi connectivity index (χ0) is 23.9. The van der Waals surface area contributed by atoms with Crippen molar-refractivity contribution < 1.29 is 14.9 Å². The number of anilines is 3. The number of fused-ring (bicyclic) bond motifs is 1. The lowest BCUT2D eigenvalue weighted by atomic mass is 10.1. The number of H-pyrrole nitrogens is 1. The van der Waals surface area contributed by atoms with Crippen LogP contribution in [0.4, 0.5) is 17.5 Å². The van der Waals surface area contributed by atoms with Crippen LogP contribution >= 0.6 is 0 Å². The molecular formula is C25H29N7O3. The molecule has 0 amide bonds. The Labute approximate surface area is 203 Å². The monoisotopic (exact) mass is 475 g/mol. The number of nitrogens with one attached hydrogen (secondary N) is 3. The van der Waals surface area contributed by atoms with Gasteiger partial charge in [-0.3, -0.25) is 5.10 Å². The number of nitrogens with zero attached hydrogens (tertiary/aromatic N) is 4. The predicted molar refractivity (Wildman–Crippen MR) is 134 cm³/mol. The minimum Gasteiger partial charge on any atom is -0.489 e. The van der Waals surface area contributed by atoms with E-state index in [1.807, 2.05) is 12.1 Å². The van der Waals surface area contributed by atoms with Crippen LogP contribution in [0, 0.1) is 0 Å². The summed E-state index contributed by atoms with van der Waals surface area (Å²) in [4.78, 5) is 15.8.